The van der Waals surface area contributed by atoms with E-state index in [9.17, 15) is 0 Å². The number of nitrogens with two attached hydrogens (primary N) is 1. The number of para-hydroxylation sites is 2. The van der Waals surface area contributed by atoms with Gasteiger partial charge >= 0.3 is 0 Å². The fraction of sp³-hybridized carbons (Fsp3) is 0.0870. The fourth-order valence-electron chi connectivity index (χ4n) is 2.63. The lowest BCUT2D eigenvalue weighted by molar-refractivity contribution is 0.127. The number of amidine groups is 1. The van der Waals surface area contributed by atoms with Crippen molar-refractivity contribution in [2.75, 3.05) is 0 Å². The maximum atomic E-state index is 6.10. The lowest BCUT2D eigenvalue weighted by Gasteiger charge is -2.09. The van der Waals surface area contributed by atoms with Crippen LogP contribution in [0, 0.1) is 0 Å². The minimum atomic E-state index is 0.168. The van der Waals surface area contributed by atoms with Crippen LogP contribution in [0.3, 0.4) is 0 Å². The molecule has 0 atom stereocenters. The molecule has 2 heterocycles. The lowest BCUT2D eigenvalue weighted by atomic mass is 10.2. The first-order chi connectivity index (χ1) is 15.3. The molecule has 4 aromatic rings. The highest BCUT2D eigenvalue weighted by molar-refractivity contribution is 7.09. The Kier molecular flexibility index (Phi) is 6.71. The summed E-state index contributed by atoms with van der Waals surface area (Å²) in [6.45, 7) is 0.591. The lowest BCUT2D eigenvalue weighted by Crippen LogP contribution is -2.15. The highest BCUT2D eigenvalue weighted by Crippen LogP contribution is 2.22. The minimum Gasteiger partial charge on any atom is -0.486 e. The van der Waals surface area contributed by atoms with Gasteiger partial charge in [0, 0.05) is 11.6 Å². The van der Waals surface area contributed by atoms with E-state index in [0.717, 1.165) is 16.5 Å². The highest BCUT2D eigenvalue weighted by Gasteiger charge is 2.11. The molecule has 0 aliphatic rings. The number of hydrogen-bond donors (Lipinski definition) is 1. The zero-order chi connectivity index (χ0) is 21.3. The first kappa shape index (κ1) is 20.4. The van der Waals surface area contributed by atoms with Crippen molar-refractivity contribution in [3.63, 3.8) is 0 Å². The zero-order valence-electron chi connectivity index (χ0n) is 16.5. The molecular formula is C23H20N4O3S. The molecule has 2 N–H and O–H groups in total. The SMILES string of the molecule is N/C(=N/OCc1csc(COc2ccccc2)n1)c1cccnc1Oc1ccccc1. The van der Waals surface area contributed by atoms with Crippen LogP contribution in [0.5, 0.6) is 17.4 Å². The molecule has 2 aromatic carbocycles. The minimum absolute atomic E-state index is 0.168. The van der Waals surface area contributed by atoms with Crippen LogP contribution >= 0.6 is 11.3 Å². The Bertz CT molecular complexity index is 1130. The molecule has 31 heavy (non-hydrogen) atoms. The first-order valence-corrected chi connectivity index (χ1v) is 10.4. The standard InChI is InChI=1S/C23H20N4O3S/c24-22(20-12-7-13-25-23(20)30-19-10-5-2-6-11-19)27-29-14-17-16-31-21(26-17)15-28-18-8-3-1-4-9-18/h1-13,16H,14-15H2,(H2,24,27). The van der Waals surface area contributed by atoms with Crippen molar-refractivity contribution in [3.8, 4) is 17.4 Å². The molecule has 8 heteroatoms. The molecular weight excluding hydrogens is 412 g/mol. The molecule has 0 radical (unpaired) electrons. The molecule has 0 fully saturated rings. The second-order valence-corrected chi connectivity index (χ2v) is 7.30. The van der Waals surface area contributed by atoms with Gasteiger partial charge in [-0.05, 0) is 36.4 Å². The van der Waals surface area contributed by atoms with Gasteiger partial charge in [-0.2, -0.15) is 0 Å². The Balaban J connectivity index is 1.34. The van der Waals surface area contributed by atoms with E-state index in [-0.39, 0.29) is 12.4 Å². The zero-order valence-corrected chi connectivity index (χ0v) is 17.4. The maximum Gasteiger partial charge on any atom is 0.230 e. The number of oxime groups is 1. The van der Waals surface area contributed by atoms with E-state index in [0.29, 0.717) is 23.8 Å². The van der Waals surface area contributed by atoms with Crippen LogP contribution in [-0.4, -0.2) is 15.8 Å². The Morgan fingerprint density at radius 2 is 1.65 bits per heavy atom. The third-order valence-corrected chi connectivity index (χ3v) is 4.96. The quantitative estimate of drug-likeness (QED) is 0.233. The normalized spacial score (nSPS) is 11.2. The van der Waals surface area contributed by atoms with Crippen molar-refractivity contribution >= 4 is 17.2 Å². The van der Waals surface area contributed by atoms with Gasteiger partial charge in [-0.3, -0.25) is 0 Å². The summed E-state index contributed by atoms with van der Waals surface area (Å²) in [4.78, 5) is 14.1. The highest BCUT2D eigenvalue weighted by atomic mass is 32.1. The molecule has 0 spiro atoms. The van der Waals surface area contributed by atoms with E-state index in [1.807, 2.05) is 66.0 Å². The smallest absolute Gasteiger partial charge is 0.230 e. The second kappa shape index (κ2) is 10.2. The van der Waals surface area contributed by atoms with Gasteiger partial charge in [-0.15, -0.1) is 11.3 Å². The third kappa shape index (κ3) is 5.80. The van der Waals surface area contributed by atoms with E-state index in [2.05, 4.69) is 15.1 Å². The summed E-state index contributed by atoms with van der Waals surface area (Å²) in [6.07, 6.45) is 1.63. The Morgan fingerprint density at radius 1 is 0.903 bits per heavy atom. The van der Waals surface area contributed by atoms with E-state index in [4.69, 9.17) is 20.0 Å². The molecule has 0 aliphatic heterocycles. The number of thiazole rings is 1. The largest absolute Gasteiger partial charge is 0.486 e. The predicted molar refractivity (Wildman–Crippen MR) is 119 cm³/mol. The summed E-state index contributed by atoms with van der Waals surface area (Å²) in [5.41, 5.74) is 7.39. The second-order valence-electron chi connectivity index (χ2n) is 6.36. The van der Waals surface area contributed by atoms with Gasteiger partial charge in [0.05, 0.1) is 11.3 Å². The number of aromatic nitrogens is 2. The summed E-state index contributed by atoms with van der Waals surface area (Å²) in [5, 5.41) is 6.76. The molecule has 0 saturated heterocycles. The van der Waals surface area contributed by atoms with Gasteiger partial charge in [0.25, 0.3) is 0 Å². The average molecular weight is 433 g/mol. The number of pyridine rings is 1. The number of rotatable bonds is 9. The van der Waals surface area contributed by atoms with Crippen LogP contribution in [0.25, 0.3) is 0 Å². The molecule has 4 rings (SSSR count). The average Bonchev–Trinajstić information content (AvgIpc) is 3.27. The molecule has 0 amide bonds. The predicted octanol–water partition coefficient (Wildman–Crippen LogP) is 4.75. The van der Waals surface area contributed by atoms with Gasteiger partial charge in [0.1, 0.15) is 23.1 Å². The molecule has 0 aliphatic carbocycles. The van der Waals surface area contributed by atoms with Crippen molar-refractivity contribution in [1.29, 1.82) is 0 Å². The van der Waals surface area contributed by atoms with Crippen molar-refractivity contribution in [2.24, 2.45) is 10.9 Å². The summed E-state index contributed by atoms with van der Waals surface area (Å²) in [5.74, 6) is 1.98. The molecule has 0 unspecified atom stereocenters. The van der Waals surface area contributed by atoms with Gasteiger partial charge in [-0.25, -0.2) is 9.97 Å². The summed E-state index contributed by atoms with van der Waals surface area (Å²) >= 11 is 1.50. The number of nitrogens with zero attached hydrogens (tertiary/aromatic N) is 3. The van der Waals surface area contributed by atoms with Crippen LogP contribution < -0.4 is 15.2 Å². The Morgan fingerprint density at radius 3 is 2.42 bits per heavy atom. The van der Waals surface area contributed by atoms with Crippen LogP contribution in [0.1, 0.15) is 16.3 Å². The van der Waals surface area contributed by atoms with Crippen molar-refractivity contribution in [2.45, 2.75) is 13.2 Å². The van der Waals surface area contributed by atoms with E-state index >= 15 is 0 Å². The number of ether oxygens (including phenoxy) is 2. The third-order valence-electron chi connectivity index (χ3n) is 4.08. The van der Waals surface area contributed by atoms with E-state index in [1.165, 1.54) is 11.3 Å². The van der Waals surface area contributed by atoms with Gasteiger partial charge in [0.2, 0.25) is 5.88 Å². The molecule has 0 saturated carbocycles. The number of benzene rings is 2. The van der Waals surface area contributed by atoms with Crippen molar-refractivity contribution < 1.29 is 14.3 Å². The Labute approximate surface area is 183 Å². The van der Waals surface area contributed by atoms with Gasteiger partial charge in [0.15, 0.2) is 12.4 Å². The molecule has 7 nitrogen and oxygen atoms in total. The fourth-order valence-corrected chi connectivity index (χ4v) is 3.32. The van der Waals surface area contributed by atoms with Crippen LogP contribution in [0.2, 0.25) is 0 Å². The van der Waals surface area contributed by atoms with E-state index in [1.54, 1.807) is 18.3 Å². The van der Waals surface area contributed by atoms with Gasteiger partial charge in [-0.1, -0.05) is 41.6 Å². The molecule has 156 valence electrons. The summed E-state index contributed by atoms with van der Waals surface area (Å²) in [6, 6.07) is 22.5. The number of hydrogen-bond acceptors (Lipinski definition) is 7. The maximum absolute atomic E-state index is 6.10. The Hall–Kier alpha value is -3.91. The van der Waals surface area contributed by atoms with Crippen LogP contribution in [-0.2, 0) is 18.1 Å². The molecule has 0 bridgehead atoms. The van der Waals surface area contributed by atoms with Gasteiger partial charge < -0.3 is 20.0 Å². The van der Waals surface area contributed by atoms with Crippen molar-refractivity contribution in [1.82, 2.24) is 9.97 Å². The van der Waals surface area contributed by atoms with Crippen LogP contribution in [0.15, 0.2) is 89.5 Å². The van der Waals surface area contributed by atoms with Crippen molar-refractivity contribution in [3.05, 3.63) is 101 Å². The van der Waals surface area contributed by atoms with Crippen LogP contribution in [0.4, 0.5) is 0 Å². The molecule has 2 aromatic heterocycles. The summed E-state index contributed by atoms with van der Waals surface area (Å²) in [7, 11) is 0. The summed E-state index contributed by atoms with van der Waals surface area (Å²) < 4.78 is 11.5. The topological polar surface area (TPSA) is 91.9 Å². The van der Waals surface area contributed by atoms with E-state index < -0.39 is 0 Å². The first-order valence-electron chi connectivity index (χ1n) is 9.53. The monoisotopic (exact) mass is 432 g/mol.